The van der Waals surface area contributed by atoms with Crippen LogP contribution in [0.5, 0.6) is 0 Å². The molecule has 40 heavy (non-hydrogen) atoms. The van der Waals surface area contributed by atoms with Gasteiger partial charge in [-0.05, 0) is 16.7 Å². The van der Waals surface area contributed by atoms with Crippen molar-refractivity contribution in [2.24, 2.45) is 0 Å². The smallest absolute Gasteiger partial charge is 0.303 e. The minimum atomic E-state index is -1.58. The van der Waals surface area contributed by atoms with Crippen molar-refractivity contribution in [3.8, 4) is 0 Å². The van der Waals surface area contributed by atoms with Gasteiger partial charge in [0.1, 0.15) is 17.7 Å². The third kappa shape index (κ3) is 6.39. The number of amides is 1. The Morgan fingerprint density at radius 2 is 1.18 bits per heavy atom. The second-order valence-corrected chi connectivity index (χ2v) is 9.53. The lowest BCUT2D eigenvalue weighted by Gasteiger charge is -2.45. The van der Waals surface area contributed by atoms with Gasteiger partial charge in [-0.25, -0.2) is 0 Å². The summed E-state index contributed by atoms with van der Waals surface area (Å²) in [6.45, 7) is 3.47. The summed E-state index contributed by atoms with van der Waals surface area (Å²) in [5, 5.41) is 13.4. The second-order valence-electron chi connectivity index (χ2n) is 9.53. The fourth-order valence-corrected chi connectivity index (χ4v) is 5.08. The fraction of sp³-hybridized carbons (Fsp3) is 0.323. The van der Waals surface area contributed by atoms with E-state index in [1.54, 1.807) is 0 Å². The van der Waals surface area contributed by atoms with Gasteiger partial charge in [-0.15, -0.1) is 0 Å². The maximum Gasteiger partial charge on any atom is 0.303 e. The van der Waals surface area contributed by atoms with E-state index in [2.05, 4.69) is 5.32 Å². The Bertz CT molecular complexity index is 1190. The van der Waals surface area contributed by atoms with Gasteiger partial charge in [-0.1, -0.05) is 91.0 Å². The van der Waals surface area contributed by atoms with Gasteiger partial charge in [-0.3, -0.25) is 14.4 Å². The van der Waals surface area contributed by atoms with Crippen LogP contribution in [0, 0.1) is 0 Å². The zero-order valence-electron chi connectivity index (χ0n) is 22.6. The zero-order valence-corrected chi connectivity index (χ0v) is 22.6. The average Bonchev–Trinajstić information content (AvgIpc) is 2.94. The molecule has 5 atom stereocenters. The Balaban J connectivity index is 1.79. The highest BCUT2D eigenvalue weighted by atomic mass is 16.7. The Kier molecular flexibility index (Phi) is 9.31. The van der Waals surface area contributed by atoms with E-state index in [0.717, 1.165) is 16.7 Å². The summed E-state index contributed by atoms with van der Waals surface area (Å²) in [4.78, 5) is 36.1. The molecule has 3 aromatic rings. The molecule has 210 valence electrons. The first kappa shape index (κ1) is 28.9. The van der Waals surface area contributed by atoms with Crippen LogP contribution in [-0.4, -0.2) is 60.2 Å². The molecule has 2 N–H and O–H groups in total. The highest BCUT2D eigenvalue weighted by Crippen LogP contribution is 2.41. The third-order valence-electron chi connectivity index (χ3n) is 6.64. The molecule has 3 aromatic carbocycles. The molecular weight excluding hydrogens is 514 g/mol. The largest absolute Gasteiger partial charge is 0.456 e. The standard InChI is InChI=1S/C31H33NO8/c1-20(33)32-27-29(39-22(3)35)28(38-21(2)34)26(40-30(27)36)19-37-31(23-13-7-4-8-14-23,24-15-9-5-10-16-24)25-17-11-6-12-18-25/h4-18,26-30,36H,19H2,1-3H3,(H,32,33). The minimum absolute atomic E-state index is 0.182. The van der Waals surface area contributed by atoms with Gasteiger partial charge in [-0.2, -0.15) is 0 Å². The molecule has 5 unspecified atom stereocenters. The minimum Gasteiger partial charge on any atom is -0.456 e. The van der Waals surface area contributed by atoms with Crippen LogP contribution in [0.25, 0.3) is 0 Å². The number of aliphatic hydroxyl groups is 1. The molecule has 1 fully saturated rings. The monoisotopic (exact) mass is 547 g/mol. The topological polar surface area (TPSA) is 120 Å². The number of hydrogen-bond acceptors (Lipinski definition) is 8. The highest BCUT2D eigenvalue weighted by molar-refractivity contribution is 5.73. The third-order valence-corrected chi connectivity index (χ3v) is 6.64. The van der Waals surface area contributed by atoms with E-state index in [9.17, 15) is 19.5 Å². The molecule has 0 bridgehead atoms. The molecule has 0 radical (unpaired) electrons. The van der Waals surface area contributed by atoms with E-state index < -0.39 is 54.1 Å². The summed E-state index contributed by atoms with van der Waals surface area (Å²) in [5.74, 6) is -1.83. The highest BCUT2D eigenvalue weighted by Gasteiger charge is 2.51. The molecule has 4 rings (SSSR count). The van der Waals surface area contributed by atoms with Gasteiger partial charge in [0.15, 0.2) is 18.5 Å². The van der Waals surface area contributed by atoms with Gasteiger partial charge in [0, 0.05) is 20.8 Å². The summed E-state index contributed by atoms with van der Waals surface area (Å²) < 4.78 is 23.7. The number of nitrogens with one attached hydrogen (secondary N) is 1. The number of hydrogen-bond donors (Lipinski definition) is 2. The van der Waals surface area contributed by atoms with Crippen LogP contribution in [0.2, 0.25) is 0 Å². The van der Waals surface area contributed by atoms with Crippen LogP contribution < -0.4 is 5.32 Å². The van der Waals surface area contributed by atoms with E-state index in [1.165, 1.54) is 20.8 Å². The number of benzene rings is 3. The van der Waals surface area contributed by atoms with Gasteiger partial charge in [0.2, 0.25) is 5.91 Å². The quantitative estimate of drug-likeness (QED) is 0.310. The molecule has 1 heterocycles. The van der Waals surface area contributed by atoms with Crippen molar-refractivity contribution in [1.29, 1.82) is 0 Å². The number of carbonyl (C=O) groups excluding carboxylic acids is 3. The molecule has 1 amide bonds. The Morgan fingerprint density at radius 3 is 1.57 bits per heavy atom. The van der Waals surface area contributed by atoms with E-state index >= 15 is 0 Å². The molecule has 9 heteroatoms. The molecule has 0 aromatic heterocycles. The van der Waals surface area contributed by atoms with Crippen LogP contribution in [0.15, 0.2) is 91.0 Å². The predicted molar refractivity (Wildman–Crippen MR) is 145 cm³/mol. The molecule has 0 saturated carbocycles. The van der Waals surface area contributed by atoms with Crippen molar-refractivity contribution in [2.45, 2.75) is 57.0 Å². The maximum atomic E-state index is 12.2. The van der Waals surface area contributed by atoms with Gasteiger partial charge in [0.05, 0.1) is 6.61 Å². The van der Waals surface area contributed by atoms with Crippen LogP contribution in [0.1, 0.15) is 37.5 Å². The molecule has 1 aliphatic heterocycles. The van der Waals surface area contributed by atoms with Crippen LogP contribution in [-0.2, 0) is 38.9 Å². The Hall–Kier alpha value is -4.05. The first-order valence-corrected chi connectivity index (χ1v) is 13.0. The van der Waals surface area contributed by atoms with Crippen molar-refractivity contribution >= 4 is 17.8 Å². The summed E-state index contributed by atoms with van der Waals surface area (Å²) in [7, 11) is 0. The first-order valence-electron chi connectivity index (χ1n) is 13.0. The summed E-state index contributed by atoms with van der Waals surface area (Å²) in [5.41, 5.74) is 1.38. The number of aliphatic hydroxyl groups excluding tert-OH is 1. The lowest BCUT2D eigenvalue weighted by molar-refractivity contribution is -0.269. The predicted octanol–water partition coefficient (Wildman–Crippen LogP) is 3.08. The average molecular weight is 548 g/mol. The number of carbonyl (C=O) groups is 3. The maximum absolute atomic E-state index is 12.2. The van der Waals surface area contributed by atoms with Crippen molar-refractivity contribution in [2.75, 3.05) is 6.61 Å². The molecule has 1 aliphatic rings. The molecule has 0 aliphatic carbocycles. The summed E-state index contributed by atoms with van der Waals surface area (Å²) >= 11 is 0. The van der Waals surface area contributed by atoms with E-state index in [0.29, 0.717) is 0 Å². The van der Waals surface area contributed by atoms with Crippen LogP contribution in [0.3, 0.4) is 0 Å². The second kappa shape index (κ2) is 12.9. The molecule has 9 nitrogen and oxygen atoms in total. The van der Waals surface area contributed by atoms with Crippen molar-refractivity contribution in [3.05, 3.63) is 108 Å². The van der Waals surface area contributed by atoms with Gasteiger partial charge in [0.25, 0.3) is 0 Å². The van der Waals surface area contributed by atoms with E-state index in [1.807, 2.05) is 91.0 Å². The Morgan fingerprint density at radius 1 is 0.750 bits per heavy atom. The van der Waals surface area contributed by atoms with E-state index in [4.69, 9.17) is 18.9 Å². The lowest BCUT2D eigenvalue weighted by Crippen LogP contribution is -2.66. The molecular formula is C31H33NO8. The molecule has 0 spiro atoms. The zero-order chi connectivity index (χ0) is 28.7. The van der Waals surface area contributed by atoms with Crippen LogP contribution >= 0.6 is 0 Å². The van der Waals surface area contributed by atoms with E-state index in [-0.39, 0.29) is 6.61 Å². The number of rotatable bonds is 9. The van der Waals surface area contributed by atoms with Crippen LogP contribution in [0.4, 0.5) is 0 Å². The van der Waals surface area contributed by atoms with Crippen molar-refractivity contribution in [3.63, 3.8) is 0 Å². The first-order chi connectivity index (χ1) is 19.2. The number of esters is 2. The fourth-order valence-electron chi connectivity index (χ4n) is 5.08. The van der Waals surface area contributed by atoms with Gasteiger partial charge < -0.3 is 29.4 Å². The van der Waals surface area contributed by atoms with Crippen molar-refractivity contribution < 1.29 is 38.4 Å². The normalized spacial score (nSPS) is 22.6. The SMILES string of the molecule is CC(=O)NC1C(O)OC(COC(c2ccccc2)(c2ccccc2)c2ccccc2)C(OC(C)=O)C1OC(C)=O. The summed E-state index contributed by atoms with van der Waals surface area (Å²) in [6, 6.07) is 27.8. The lowest BCUT2D eigenvalue weighted by atomic mass is 9.80. The van der Waals surface area contributed by atoms with Gasteiger partial charge >= 0.3 is 11.9 Å². The Labute approximate surface area is 233 Å². The summed E-state index contributed by atoms with van der Waals surface area (Å²) in [6.07, 6.45) is -5.07. The number of ether oxygens (including phenoxy) is 4. The van der Waals surface area contributed by atoms with Crippen molar-refractivity contribution in [1.82, 2.24) is 5.32 Å². The molecule has 1 saturated heterocycles.